The van der Waals surface area contributed by atoms with Crippen molar-refractivity contribution in [1.82, 2.24) is 10.6 Å². The van der Waals surface area contributed by atoms with E-state index in [2.05, 4.69) is 15.6 Å². The quantitative estimate of drug-likeness (QED) is 0.473. The van der Waals surface area contributed by atoms with Gasteiger partial charge in [-0.05, 0) is 104 Å². The Balaban J connectivity index is 1.85. The molecular formula is C28H44N4O5. The largest absolute Gasteiger partial charge is 0.481 e. The van der Waals surface area contributed by atoms with Crippen LogP contribution in [0, 0.1) is 11.8 Å². The number of carbonyl (C=O) groups excluding carboxylic acids is 2. The number of rotatable bonds is 5. The number of alkyl carbamates (subject to hydrolysis) is 2. The third kappa shape index (κ3) is 7.76. The summed E-state index contributed by atoms with van der Waals surface area (Å²) in [6.45, 7) is 15.5. The molecule has 1 aromatic rings. The van der Waals surface area contributed by atoms with Crippen molar-refractivity contribution in [3.63, 3.8) is 0 Å². The highest BCUT2D eigenvalue weighted by Crippen LogP contribution is 2.44. The first-order chi connectivity index (χ1) is 17.1. The first-order valence-corrected chi connectivity index (χ1v) is 13.2. The Morgan fingerprint density at radius 3 is 2.35 bits per heavy atom. The number of carbonyl (C=O) groups is 2. The van der Waals surface area contributed by atoms with E-state index in [9.17, 15) is 9.59 Å². The van der Waals surface area contributed by atoms with E-state index in [-0.39, 0.29) is 17.9 Å². The zero-order valence-corrected chi connectivity index (χ0v) is 23.6. The van der Waals surface area contributed by atoms with Gasteiger partial charge in [0.05, 0.1) is 5.54 Å². The Morgan fingerprint density at radius 2 is 1.70 bits per heavy atom. The van der Waals surface area contributed by atoms with Crippen molar-refractivity contribution in [2.24, 2.45) is 22.6 Å². The van der Waals surface area contributed by atoms with E-state index in [1.165, 1.54) is 0 Å². The Hall–Kier alpha value is -2.97. The summed E-state index contributed by atoms with van der Waals surface area (Å²) in [5.74, 6) is 1.43. The summed E-state index contributed by atoms with van der Waals surface area (Å²) in [7, 11) is 0. The number of nitrogens with one attached hydrogen (secondary N) is 2. The number of amides is 2. The van der Waals surface area contributed by atoms with E-state index in [4.69, 9.17) is 19.9 Å². The highest BCUT2D eigenvalue weighted by molar-refractivity contribution is 5.89. The molecule has 4 atom stereocenters. The molecule has 3 rings (SSSR count). The minimum absolute atomic E-state index is 0.0991. The van der Waals surface area contributed by atoms with Crippen molar-refractivity contribution in [3.8, 4) is 5.75 Å². The van der Waals surface area contributed by atoms with Crippen LogP contribution in [0.5, 0.6) is 5.75 Å². The Morgan fingerprint density at radius 1 is 1.05 bits per heavy atom. The molecule has 0 spiro atoms. The maximum absolute atomic E-state index is 13.0. The number of ether oxygens (including phenoxy) is 3. The summed E-state index contributed by atoms with van der Waals surface area (Å²) in [5, 5.41) is 6.11. The van der Waals surface area contributed by atoms with Crippen LogP contribution in [-0.2, 0) is 15.0 Å². The van der Waals surface area contributed by atoms with Gasteiger partial charge in [-0.15, -0.1) is 0 Å². The van der Waals surface area contributed by atoms with E-state index in [1.54, 1.807) is 0 Å². The van der Waals surface area contributed by atoms with Gasteiger partial charge in [0, 0.05) is 6.54 Å². The second-order valence-electron chi connectivity index (χ2n) is 12.4. The molecule has 206 valence electrons. The van der Waals surface area contributed by atoms with Gasteiger partial charge in [-0.3, -0.25) is 0 Å². The minimum atomic E-state index is -0.741. The van der Waals surface area contributed by atoms with Gasteiger partial charge in [0.1, 0.15) is 28.5 Å². The molecule has 1 heterocycles. The topological polar surface area (TPSA) is 124 Å². The molecule has 2 amide bonds. The molecule has 37 heavy (non-hydrogen) atoms. The van der Waals surface area contributed by atoms with Crippen molar-refractivity contribution in [3.05, 3.63) is 23.8 Å². The maximum atomic E-state index is 13.0. The summed E-state index contributed by atoms with van der Waals surface area (Å²) in [4.78, 5) is 29.8. The van der Waals surface area contributed by atoms with E-state index in [1.807, 2.05) is 73.6 Å². The van der Waals surface area contributed by atoms with Gasteiger partial charge in [0.15, 0.2) is 6.10 Å². The van der Waals surface area contributed by atoms with Crippen LogP contribution in [0.3, 0.4) is 0 Å². The standard InChI is InChI=1S/C28H44N4O5/c1-17-23(29)31-21-15-20(12-13-22(21)35-17)28(8,32-25(34)37-27(5,6)7)19-11-9-10-18(14-19)16-30-24(33)36-26(2,3)4/h12-13,15,17-19H,9-11,14,16H2,1-8H3,(H2,29,31)(H,30,33)(H,32,34). The van der Waals surface area contributed by atoms with Crippen LogP contribution in [0.2, 0.25) is 0 Å². The number of amidine groups is 1. The third-order valence-corrected chi connectivity index (χ3v) is 6.82. The van der Waals surface area contributed by atoms with E-state index >= 15 is 0 Å². The second-order valence-corrected chi connectivity index (χ2v) is 12.4. The van der Waals surface area contributed by atoms with Crippen LogP contribution in [0.15, 0.2) is 23.2 Å². The number of benzene rings is 1. The van der Waals surface area contributed by atoms with Gasteiger partial charge >= 0.3 is 12.2 Å². The van der Waals surface area contributed by atoms with Crippen LogP contribution in [-0.4, -0.2) is 41.9 Å². The molecule has 9 nitrogen and oxygen atoms in total. The molecule has 9 heteroatoms. The number of nitrogens with zero attached hydrogens (tertiary/aromatic N) is 1. The zero-order chi connectivity index (χ0) is 27.6. The minimum Gasteiger partial charge on any atom is -0.481 e. The highest BCUT2D eigenvalue weighted by atomic mass is 16.6. The average Bonchev–Trinajstić information content (AvgIpc) is 2.76. The third-order valence-electron chi connectivity index (χ3n) is 6.82. The van der Waals surface area contributed by atoms with Crippen LogP contribution in [0.4, 0.5) is 15.3 Å². The monoisotopic (exact) mass is 516 g/mol. The Labute approximate surface area is 220 Å². The van der Waals surface area contributed by atoms with Gasteiger partial charge in [-0.2, -0.15) is 0 Å². The first-order valence-electron chi connectivity index (χ1n) is 13.2. The maximum Gasteiger partial charge on any atom is 0.408 e. The fourth-order valence-electron chi connectivity index (χ4n) is 4.98. The van der Waals surface area contributed by atoms with Gasteiger partial charge in [-0.25, -0.2) is 14.6 Å². The molecule has 1 aromatic carbocycles. The highest BCUT2D eigenvalue weighted by Gasteiger charge is 2.42. The smallest absolute Gasteiger partial charge is 0.408 e. The number of hydrogen-bond acceptors (Lipinski definition) is 7. The van der Waals surface area contributed by atoms with Crippen LogP contribution >= 0.6 is 0 Å². The van der Waals surface area contributed by atoms with Crippen molar-refractivity contribution < 1.29 is 23.8 Å². The predicted octanol–water partition coefficient (Wildman–Crippen LogP) is 5.53. The molecule has 4 N–H and O–H groups in total. The molecule has 2 aliphatic rings. The SMILES string of the molecule is CC1Oc2ccc(C(C)(NC(=O)OC(C)(C)C)C3CCCC(CNC(=O)OC(C)(C)C)C3)cc2N=C1N. The summed E-state index contributed by atoms with van der Waals surface area (Å²) < 4.78 is 16.9. The molecule has 1 aliphatic heterocycles. The Kier molecular flexibility index (Phi) is 8.34. The molecule has 1 saturated carbocycles. The predicted molar refractivity (Wildman–Crippen MR) is 144 cm³/mol. The fourth-order valence-corrected chi connectivity index (χ4v) is 4.98. The van der Waals surface area contributed by atoms with Crippen molar-refractivity contribution in [1.29, 1.82) is 0 Å². The first kappa shape index (κ1) is 28.6. The van der Waals surface area contributed by atoms with Gasteiger partial charge in [0.25, 0.3) is 0 Å². The number of fused-ring (bicyclic) bond motifs is 1. The second kappa shape index (κ2) is 10.8. The summed E-state index contributed by atoms with van der Waals surface area (Å²) in [6.07, 6.45) is 2.53. The van der Waals surface area contributed by atoms with E-state index in [0.29, 0.717) is 23.8 Å². The number of nitrogens with two attached hydrogens (primary N) is 1. The lowest BCUT2D eigenvalue weighted by Gasteiger charge is -2.43. The lowest BCUT2D eigenvalue weighted by molar-refractivity contribution is 0.0371. The summed E-state index contributed by atoms with van der Waals surface area (Å²) in [5.41, 5.74) is 5.68. The van der Waals surface area contributed by atoms with E-state index in [0.717, 1.165) is 31.2 Å². The van der Waals surface area contributed by atoms with E-state index < -0.39 is 28.9 Å². The Bertz CT molecular complexity index is 1030. The van der Waals surface area contributed by atoms with Crippen molar-refractivity contribution in [2.45, 2.75) is 104 Å². The molecule has 0 bridgehead atoms. The molecule has 4 unspecified atom stereocenters. The van der Waals surface area contributed by atoms with Gasteiger partial charge in [0.2, 0.25) is 0 Å². The lowest BCUT2D eigenvalue weighted by atomic mass is 9.69. The summed E-state index contributed by atoms with van der Waals surface area (Å²) in [6, 6.07) is 5.80. The van der Waals surface area contributed by atoms with Gasteiger partial charge in [-0.1, -0.05) is 12.5 Å². The van der Waals surface area contributed by atoms with Crippen LogP contribution in [0.25, 0.3) is 0 Å². The molecule has 0 radical (unpaired) electrons. The summed E-state index contributed by atoms with van der Waals surface area (Å²) >= 11 is 0. The molecule has 1 aliphatic carbocycles. The normalized spacial score (nSPS) is 23.5. The van der Waals surface area contributed by atoms with Crippen molar-refractivity contribution in [2.75, 3.05) is 6.54 Å². The number of aliphatic imine (C=N–C) groups is 1. The zero-order valence-electron chi connectivity index (χ0n) is 23.6. The average molecular weight is 517 g/mol. The van der Waals surface area contributed by atoms with Crippen molar-refractivity contribution >= 4 is 23.7 Å². The molecule has 0 aromatic heterocycles. The van der Waals surface area contributed by atoms with Gasteiger partial charge < -0.3 is 30.6 Å². The molecular weight excluding hydrogens is 472 g/mol. The van der Waals surface area contributed by atoms with Crippen LogP contribution in [0.1, 0.15) is 86.6 Å². The molecule has 1 fully saturated rings. The number of hydrogen-bond donors (Lipinski definition) is 3. The molecule has 0 saturated heterocycles. The fraction of sp³-hybridized carbons (Fsp3) is 0.679. The van der Waals surface area contributed by atoms with Crippen LogP contribution < -0.4 is 21.1 Å². The lowest BCUT2D eigenvalue weighted by Crippen LogP contribution is -2.52.